The van der Waals surface area contributed by atoms with Crippen molar-refractivity contribution < 1.29 is 9.59 Å². The summed E-state index contributed by atoms with van der Waals surface area (Å²) in [5, 5.41) is 8.59. The number of carbonyl (C=O) groups excluding carboxylic acids is 2. The highest BCUT2D eigenvalue weighted by atomic mass is 32.1. The van der Waals surface area contributed by atoms with E-state index in [-0.39, 0.29) is 18.2 Å². The van der Waals surface area contributed by atoms with Crippen molar-refractivity contribution >= 4 is 23.2 Å². The number of hydrogen-bond donors (Lipinski definition) is 2. The molecule has 2 rings (SSSR count). The molecule has 1 fully saturated rings. The maximum atomic E-state index is 12.0. The molecule has 1 atom stereocenters. The molecule has 1 aliphatic rings. The first-order valence-corrected chi connectivity index (χ1v) is 7.95. The maximum Gasteiger partial charge on any atom is 0.242 e. The van der Waals surface area contributed by atoms with Gasteiger partial charge in [0.2, 0.25) is 11.8 Å². The molecule has 1 aliphatic heterocycles. The van der Waals surface area contributed by atoms with Gasteiger partial charge in [-0.05, 0) is 19.3 Å². The van der Waals surface area contributed by atoms with E-state index >= 15 is 0 Å². The largest absolute Gasteiger partial charge is 0.354 e. The third-order valence-electron chi connectivity index (χ3n) is 3.28. The average Bonchev–Trinajstić information content (AvgIpc) is 2.76. The summed E-state index contributed by atoms with van der Waals surface area (Å²) in [5.74, 6) is 0.175. The maximum absolute atomic E-state index is 12.0. The van der Waals surface area contributed by atoms with Crippen LogP contribution in [0.5, 0.6) is 0 Å². The summed E-state index contributed by atoms with van der Waals surface area (Å²) in [6, 6.07) is -0.395. The molecule has 0 bridgehead atoms. The molecule has 0 spiro atoms. The molecule has 0 radical (unpaired) electrons. The predicted octanol–water partition coefficient (Wildman–Crippen LogP) is 1.59. The van der Waals surface area contributed by atoms with Gasteiger partial charge in [-0.15, -0.1) is 11.3 Å². The van der Waals surface area contributed by atoms with Crippen molar-refractivity contribution in [1.29, 1.82) is 0 Å². The minimum absolute atomic E-state index is 0.0722. The number of nitrogens with one attached hydrogen (secondary N) is 2. The Hall–Kier alpha value is -1.43. The second-order valence-electron chi connectivity index (χ2n) is 5.42. The number of nitrogens with zero attached hydrogens (tertiary/aromatic N) is 1. The van der Waals surface area contributed by atoms with Gasteiger partial charge in [-0.3, -0.25) is 9.59 Å². The van der Waals surface area contributed by atoms with Crippen LogP contribution in [0.1, 0.15) is 49.7 Å². The van der Waals surface area contributed by atoms with E-state index in [2.05, 4.69) is 29.5 Å². The zero-order valence-electron chi connectivity index (χ0n) is 11.9. The number of rotatable bonds is 4. The molecule has 20 heavy (non-hydrogen) atoms. The Morgan fingerprint density at radius 2 is 2.35 bits per heavy atom. The zero-order valence-corrected chi connectivity index (χ0v) is 12.8. The molecule has 1 aromatic rings. The van der Waals surface area contributed by atoms with Crippen molar-refractivity contribution in [2.24, 2.45) is 0 Å². The minimum atomic E-state index is -0.395. The van der Waals surface area contributed by atoms with Crippen molar-refractivity contribution in [3.05, 3.63) is 16.1 Å². The lowest BCUT2D eigenvalue weighted by Gasteiger charge is -2.14. The van der Waals surface area contributed by atoms with Crippen molar-refractivity contribution in [3.63, 3.8) is 0 Å². The Balaban J connectivity index is 1.89. The summed E-state index contributed by atoms with van der Waals surface area (Å²) >= 11 is 1.58. The third-order valence-corrected chi connectivity index (χ3v) is 4.47. The fraction of sp³-hybridized carbons (Fsp3) is 0.643. The fourth-order valence-electron chi connectivity index (χ4n) is 2.16. The Morgan fingerprint density at radius 1 is 1.55 bits per heavy atom. The Morgan fingerprint density at radius 3 is 3.05 bits per heavy atom. The molecule has 5 nitrogen and oxygen atoms in total. The van der Waals surface area contributed by atoms with Crippen molar-refractivity contribution in [2.75, 3.05) is 6.54 Å². The third kappa shape index (κ3) is 4.03. The number of aromatic nitrogens is 1. The number of hydrogen-bond acceptors (Lipinski definition) is 4. The highest BCUT2D eigenvalue weighted by Crippen LogP contribution is 2.19. The summed E-state index contributed by atoms with van der Waals surface area (Å²) in [4.78, 5) is 28.2. The second-order valence-corrected chi connectivity index (χ2v) is 6.31. The molecule has 6 heteroatoms. The van der Waals surface area contributed by atoms with Crippen LogP contribution in [-0.4, -0.2) is 29.4 Å². The summed E-state index contributed by atoms with van der Waals surface area (Å²) in [6.45, 7) is 4.87. The van der Waals surface area contributed by atoms with Crippen LogP contribution >= 0.6 is 11.3 Å². The first-order valence-electron chi connectivity index (χ1n) is 7.07. The standard InChI is InChI=1S/C14H21N3O2S/c1-9(2)14-16-10(8-20-14)7-12(18)17-11-5-3-4-6-15-13(11)19/h8-9,11H,3-7H2,1-2H3,(H,15,19)(H,17,18)/t11-/m1/s1. The second kappa shape index (κ2) is 6.83. The summed E-state index contributed by atoms with van der Waals surface area (Å²) in [7, 11) is 0. The lowest BCUT2D eigenvalue weighted by atomic mass is 10.1. The molecule has 2 amide bonds. The lowest BCUT2D eigenvalue weighted by molar-refractivity contribution is -0.128. The molecule has 0 unspecified atom stereocenters. The van der Waals surface area contributed by atoms with Gasteiger partial charge in [0.15, 0.2) is 0 Å². The highest BCUT2D eigenvalue weighted by Gasteiger charge is 2.22. The molecule has 1 aromatic heterocycles. The van der Waals surface area contributed by atoms with Gasteiger partial charge in [-0.1, -0.05) is 13.8 Å². The van der Waals surface area contributed by atoms with Crippen LogP contribution in [0.25, 0.3) is 0 Å². The van der Waals surface area contributed by atoms with E-state index in [4.69, 9.17) is 0 Å². The van der Waals surface area contributed by atoms with Gasteiger partial charge in [0.05, 0.1) is 17.1 Å². The molecular weight excluding hydrogens is 274 g/mol. The SMILES string of the molecule is CC(C)c1nc(CC(=O)N[C@@H]2CCCCNC2=O)cs1. The minimum Gasteiger partial charge on any atom is -0.354 e. The van der Waals surface area contributed by atoms with Crippen molar-refractivity contribution in [1.82, 2.24) is 15.6 Å². The quantitative estimate of drug-likeness (QED) is 0.886. The molecule has 2 N–H and O–H groups in total. The molecular formula is C14H21N3O2S. The Labute approximate surface area is 123 Å². The molecule has 2 heterocycles. The van der Waals surface area contributed by atoms with Crippen molar-refractivity contribution in [3.8, 4) is 0 Å². The van der Waals surface area contributed by atoms with Crippen LogP contribution < -0.4 is 10.6 Å². The van der Waals surface area contributed by atoms with Crippen LogP contribution in [0.3, 0.4) is 0 Å². The molecule has 0 aromatic carbocycles. The van der Waals surface area contributed by atoms with Gasteiger partial charge in [-0.2, -0.15) is 0 Å². The van der Waals surface area contributed by atoms with Crippen LogP contribution in [-0.2, 0) is 16.0 Å². The fourth-order valence-corrected chi connectivity index (χ4v) is 2.99. The van der Waals surface area contributed by atoms with E-state index in [0.29, 0.717) is 18.9 Å². The predicted molar refractivity (Wildman–Crippen MR) is 78.7 cm³/mol. The smallest absolute Gasteiger partial charge is 0.242 e. The van der Waals surface area contributed by atoms with E-state index in [1.165, 1.54) is 0 Å². The van der Waals surface area contributed by atoms with E-state index in [0.717, 1.165) is 23.5 Å². The molecule has 110 valence electrons. The van der Waals surface area contributed by atoms with Gasteiger partial charge in [0, 0.05) is 17.8 Å². The van der Waals surface area contributed by atoms with Crippen LogP contribution in [0.2, 0.25) is 0 Å². The van der Waals surface area contributed by atoms with Crippen LogP contribution in [0, 0.1) is 0 Å². The van der Waals surface area contributed by atoms with E-state index in [1.54, 1.807) is 11.3 Å². The van der Waals surface area contributed by atoms with Gasteiger partial charge >= 0.3 is 0 Å². The lowest BCUT2D eigenvalue weighted by Crippen LogP contribution is -2.46. The van der Waals surface area contributed by atoms with E-state index in [1.807, 2.05) is 5.38 Å². The highest BCUT2D eigenvalue weighted by molar-refractivity contribution is 7.09. The first-order chi connectivity index (χ1) is 9.56. The van der Waals surface area contributed by atoms with Crippen LogP contribution in [0.15, 0.2) is 5.38 Å². The topological polar surface area (TPSA) is 71.1 Å². The number of amides is 2. The number of thiazole rings is 1. The molecule has 0 aliphatic carbocycles. The average molecular weight is 295 g/mol. The molecule has 0 saturated carbocycles. The van der Waals surface area contributed by atoms with Gasteiger partial charge in [0.1, 0.15) is 6.04 Å². The van der Waals surface area contributed by atoms with Crippen LogP contribution in [0.4, 0.5) is 0 Å². The normalized spacial score (nSPS) is 19.6. The van der Waals surface area contributed by atoms with Gasteiger partial charge < -0.3 is 10.6 Å². The van der Waals surface area contributed by atoms with E-state index < -0.39 is 6.04 Å². The van der Waals surface area contributed by atoms with Crippen molar-refractivity contribution in [2.45, 2.75) is 51.5 Å². The van der Waals surface area contributed by atoms with E-state index in [9.17, 15) is 9.59 Å². The summed E-state index contributed by atoms with van der Waals surface area (Å²) in [6.07, 6.45) is 2.89. The monoisotopic (exact) mass is 295 g/mol. The first kappa shape index (κ1) is 15.0. The zero-order chi connectivity index (χ0) is 14.5. The Bertz CT molecular complexity index is 485. The number of carbonyl (C=O) groups is 2. The summed E-state index contributed by atoms with van der Waals surface area (Å²) in [5.41, 5.74) is 0.783. The van der Waals surface area contributed by atoms with Gasteiger partial charge in [0.25, 0.3) is 0 Å². The molecule has 1 saturated heterocycles. The van der Waals surface area contributed by atoms with Gasteiger partial charge in [-0.25, -0.2) is 4.98 Å². The Kier molecular flexibility index (Phi) is 5.11. The summed E-state index contributed by atoms with van der Waals surface area (Å²) < 4.78 is 0.